The van der Waals surface area contributed by atoms with Crippen molar-refractivity contribution in [1.82, 2.24) is 9.38 Å². The highest BCUT2D eigenvalue weighted by molar-refractivity contribution is 7.98. The van der Waals surface area contributed by atoms with Crippen molar-refractivity contribution < 1.29 is 9.53 Å². The summed E-state index contributed by atoms with van der Waals surface area (Å²) in [6.45, 7) is 1.82. The van der Waals surface area contributed by atoms with E-state index >= 15 is 0 Å². The van der Waals surface area contributed by atoms with Gasteiger partial charge in [0.05, 0.1) is 12.8 Å². The quantitative estimate of drug-likeness (QED) is 0.744. The van der Waals surface area contributed by atoms with E-state index in [1.807, 2.05) is 55.8 Å². The van der Waals surface area contributed by atoms with Crippen molar-refractivity contribution in [2.45, 2.75) is 11.8 Å². The number of ether oxygens (including phenoxy) is 1. The number of hydrogen-bond donors (Lipinski definition) is 1. The van der Waals surface area contributed by atoms with Gasteiger partial charge in [-0.3, -0.25) is 9.20 Å². The second kappa shape index (κ2) is 6.34. The zero-order valence-corrected chi connectivity index (χ0v) is 14.0. The molecule has 0 saturated carbocycles. The van der Waals surface area contributed by atoms with Crippen LogP contribution in [-0.2, 0) is 0 Å². The Morgan fingerprint density at radius 2 is 2.13 bits per heavy atom. The van der Waals surface area contributed by atoms with Crippen LogP contribution in [0.25, 0.3) is 5.65 Å². The number of thioether (sulfide) groups is 1. The molecule has 1 amide bonds. The molecule has 0 saturated heterocycles. The van der Waals surface area contributed by atoms with E-state index < -0.39 is 0 Å². The van der Waals surface area contributed by atoms with E-state index in [9.17, 15) is 4.79 Å². The van der Waals surface area contributed by atoms with Crippen molar-refractivity contribution in [1.29, 1.82) is 0 Å². The predicted octanol–water partition coefficient (Wildman–Crippen LogP) is 3.63. The normalized spacial score (nSPS) is 10.7. The molecule has 23 heavy (non-hydrogen) atoms. The molecular weight excluding hydrogens is 310 g/mol. The SMILES string of the molecule is COc1cccn2c(C(=O)Nc3cccc(SC)c3)c(C)nc12. The lowest BCUT2D eigenvalue weighted by atomic mass is 10.3. The smallest absolute Gasteiger partial charge is 0.274 e. The minimum absolute atomic E-state index is 0.193. The first-order valence-electron chi connectivity index (χ1n) is 7.11. The molecule has 0 bridgehead atoms. The molecule has 0 atom stereocenters. The van der Waals surface area contributed by atoms with E-state index in [1.165, 1.54) is 0 Å². The number of hydrogen-bond acceptors (Lipinski definition) is 4. The van der Waals surface area contributed by atoms with Crippen LogP contribution in [0.1, 0.15) is 16.2 Å². The predicted molar refractivity (Wildman–Crippen MR) is 92.7 cm³/mol. The van der Waals surface area contributed by atoms with Crippen molar-refractivity contribution in [3.63, 3.8) is 0 Å². The lowest BCUT2D eigenvalue weighted by Gasteiger charge is -2.08. The van der Waals surface area contributed by atoms with Gasteiger partial charge in [-0.05, 0) is 43.5 Å². The highest BCUT2D eigenvalue weighted by atomic mass is 32.2. The standard InChI is InChI=1S/C17H17N3O2S/c1-11-15(20-9-5-8-14(22-2)16(20)18-11)17(21)19-12-6-4-7-13(10-12)23-3/h4-10H,1-3H3,(H,19,21). The first-order valence-corrected chi connectivity index (χ1v) is 8.33. The third kappa shape index (κ3) is 2.90. The van der Waals surface area contributed by atoms with Gasteiger partial charge in [-0.15, -0.1) is 11.8 Å². The minimum Gasteiger partial charge on any atom is -0.493 e. The number of nitrogens with zero attached hydrogens (tertiary/aromatic N) is 2. The molecule has 3 rings (SSSR count). The third-order valence-corrected chi connectivity index (χ3v) is 4.28. The van der Waals surface area contributed by atoms with Gasteiger partial charge in [0.15, 0.2) is 11.4 Å². The Hall–Kier alpha value is -2.47. The summed E-state index contributed by atoms with van der Waals surface area (Å²) in [5, 5.41) is 2.94. The Morgan fingerprint density at radius 1 is 1.30 bits per heavy atom. The van der Waals surface area contributed by atoms with Crippen LogP contribution < -0.4 is 10.1 Å². The highest BCUT2D eigenvalue weighted by Gasteiger charge is 2.18. The summed E-state index contributed by atoms with van der Waals surface area (Å²) < 4.78 is 7.06. The molecule has 2 heterocycles. The summed E-state index contributed by atoms with van der Waals surface area (Å²) in [4.78, 5) is 18.2. The van der Waals surface area contributed by atoms with Crippen molar-refractivity contribution >= 4 is 29.0 Å². The Bertz CT molecular complexity index is 873. The Kier molecular flexibility index (Phi) is 4.25. The second-order valence-electron chi connectivity index (χ2n) is 5.00. The number of rotatable bonds is 4. The maximum Gasteiger partial charge on any atom is 0.274 e. The number of aromatic nitrogens is 2. The molecule has 0 unspecified atom stereocenters. The summed E-state index contributed by atoms with van der Waals surface area (Å²) in [6, 6.07) is 11.4. The van der Waals surface area contributed by atoms with Crippen LogP contribution in [0.3, 0.4) is 0 Å². The molecule has 0 aliphatic carbocycles. The van der Waals surface area contributed by atoms with Crippen LogP contribution in [0.5, 0.6) is 5.75 Å². The zero-order valence-electron chi connectivity index (χ0n) is 13.2. The number of carbonyl (C=O) groups is 1. The number of fused-ring (bicyclic) bond motifs is 1. The van der Waals surface area contributed by atoms with Crippen molar-refractivity contribution in [2.24, 2.45) is 0 Å². The summed E-state index contributed by atoms with van der Waals surface area (Å²) in [6.07, 6.45) is 3.81. The van der Waals surface area contributed by atoms with Crippen molar-refractivity contribution in [2.75, 3.05) is 18.7 Å². The molecule has 0 radical (unpaired) electrons. The van der Waals surface area contributed by atoms with Gasteiger partial charge in [-0.1, -0.05) is 6.07 Å². The molecular formula is C17H17N3O2S. The van der Waals surface area contributed by atoms with Crippen LogP contribution in [0.2, 0.25) is 0 Å². The summed E-state index contributed by atoms with van der Waals surface area (Å²) in [7, 11) is 1.59. The monoisotopic (exact) mass is 327 g/mol. The van der Waals surface area contributed by atoms with Crippen LogP contribution in [0, 0.1) is 6.92 Å². The fraction of sp³-hybridized carbons (Fsp3) is 0.176. The van der Waals surface area contributed by atoms with E-state index in [-0.39, 0.29) is 5.91 Å². The fourth-order valence-corrected chi connectivity index (χ4v) is 2.94. The molecule has 3 aromatic rings. The lowest BCUT2D eigenvalue weighted by molar-refractivity contribution is 0.102. The van der Waals surface area contributed by atoms with E-state index in [1.54, 1.807) is 23.3 Å². The van der Waals surface area contributed by atoms with Gasteiger partial charge in [0.25, 0.3) is 5.91 Å². The van der Waals surface area contributed by atoms with Gasteiger partial charge in [0.2, 0.25) is 0 Å². The Labute approximate surface area is 138 Å². The van der Waals surface area contributed by atoms with Gasteiger partial charge in [-0.25, -0.2) is 4.98 Å². The number of benzene rings is 1. The number of nitrogens with one attached hydrogen (secondary N) is 1. The van der Waals surface area contributed by atoms with Gasteiger partial charge in [-0.2, -0.15) is 0 Å². The van der Waals surface area contributed by atoms with E-state index in [0.717, 1.165) is 10.6 Å². The van der Waals surface area contributed by atoms with Crippen molar-refractivity contribution in [3.8, 4) is 5.75 Å². The second-order valence-corrected chi connectivity index (χ2v) is 5.88. The number of aryl methyl sites for hydroxylation is 1. The molecule has 1 N–H and O–H groups in total. The Morgan fingerprint density at radius 3 is 2.87 bits per heavy atom. The third-order valence-electron chi connectivity index (χ3n) is 3.55. The highest BCUT2D eigenvalue weighted by Crippen LogP contribution is 2.23. The van der Waals surface area contributed by atoms with E-state index in [4.69, 9.17) is 4.74 Å². The first-order chi connectivity index (χ1) is 11.1. The van der Waals surface area contributed by atoms with Gasteiger partial charge in [0, 0.05) is 16.8 Å². The molecule has 6 heteroatoms. The number of amides is 1. The molecule has 5 nitrogen and oxygen atoms in total. The Balaban J connectivity index is 1.99. The number of carbonyl (C=O) groups excluding carboxylic acids is 1. The summed E-state index contributed by atoms with van der Waals surface area (Å²) in [5.74, 6) is 0.445. The van der Waals surface area contributed by atoms with Crippen LogP contribution >= 0.6 is 11.8 Å². The van der Waals surface area contributed by atoms with Crippen LogP contribution in [0.15, 0.2) is 47.5 Å². The van der Waals surface area contributed by atoms with E-state index in [0.29, 0.717) is 22.8 Å². The average molecular weight is 327 g/mol. The zero-order chi connectivity index (χ0) is 16.4. The minimum atomic E-state index is -0.193. The number of imidazole rings is 1. The number of pyridine rings is 1. The van der Waals surface area contributed by atoms with Crippen molar-refractivity contribution in [3.05, 3.63) is 54.0 Å². The topological polar surface area (TPSA) is 55.6 Å². The summed E-state index contributed by atoms with van der Waals surface area (Å²) in [5.41, 5.74) is 2.57. The van der Waals surface area contributed by atoms with Gasteiger partial charge >= 0.3 is 0 Å². The number of methoxy groups -OCH3 is 1. The maximum atomic E-state index is 12.7. The van der Waals surface area contributed by atoms with E-state index in [2.05, 4.69) is 10.3 Å². The molecule has 0 aliphatic rings. The number of anilines is 1. The molecule has 1 aromatic carbocycles. The molecule has 2 aromatic heterocycles. The first kappa shape index (κ1) is 15.4. The van der Waals surface area contributed by atoms with Gasteiger partial charge < -0.3 is 10.1 Å². The fourth-order valence-electron chi connectivity index (χ4n) is 2.48. The lowest BCUT2D eigenvalue weighted by Crippen LogP contribution is -2.15. The maximum absolute atomic E-state index is 12.7. The molecule has 0 fully saturated rings. The molecule has 118 valence electrons. The van der Waals surface area contributed by atoms with Crippen LogP contribution in [-0.4, -0.2) is 28.7 Å². The molecule has 0 aliphatic heterocycles. The van der Waals surface area contributed by atoms with Gasteiger partial charge in [0.1, 0.15) is 5.69 Å². The average Bonchev–Trinajstić information content (AvgIpc) is 2.90. The molecule has 0 spiro atoms. The summed E-state index contributed by atoms with van der Waals surface area (Å²) >= 11 is 1.63. The largest absolute Gasteiger partial charge is 0.493 e. The van der Waals surface area contributed by atoms with Crippen LogP contribution in [0.4, 0.5) is 5.69 Å².